The molecule has 2 rings (SSSR count). The van der Waals surface area contributed by atoms with Crippen molar-refractivity contribution in [1.82, 2.24) is 4.98 Å². The molecule has 1 heterocycles. The molecule has 0 spiro atoms. The second kappa shape index (κ2) is 10.1. The molecule has 1 N–H and O–H groups in total. The Morgan fingerprint density at radius 1 is 1.23 bits per heavy atom. The Hall–Kier alpha value is -2.20. The van der Waals surface area contributed by atoms with Crippen LogP contribution in [-0.4, -0.2) is 16.1 Å². The van der Waals surface area contributed by atoms with Gasteiger partial charge in [-0.2, -0.15) is 0 Å². The highest BCUT2D eigenvalue weighted by molar-refractivity contribution is 5.89. The molecule has 0 radical (unpaired) electrons. The van der Waals surface area contributed by atoms with Crippen LogP contribution in [0.3, 0.4) is 0 Å². The second-order valence-corrected chi connectivity index (χ2v) is 6.52. The molecule has 0 bridgehead atoms. The minimum absolute atomic E-state index is 0.295. The van der Waals surface area contributed by atoms with Gasteiger partial charge >= 0.3 is 5.97 Å². The van der Waals surface area contributed by atoms with Crippen LogP contribution < -0.4 is 4.74 Å². The van der Waals surface area contributed by atoms with Crippen LogP contribution >= 0.6 is 0 Å². The van der Waals surface area contributed by atoms with E-state index in [0.717, 1.165) is 18.2 Å². The number of para-hydroxylation sites is 1. The number of benzene rings is 1. The molecule has 26 heavy (non-hydrogen) atoms. The molecule has 1 unspecified atom stereocenters. The Kier molecular flexibility index (Phi) is 7.79. The molecule has 0 amide bonds. The molecule has 4 nitrogen and oxygen atoms in total. The van der Waals surface area contributed by atoms with E-state index in [0.29, 0.717) is 28.9 Å². The molecule has 1 aromatic carbocycles. The minimum atomic E-state index is -0.815. The molecule has 0 aliphatic heterocycles. The summed E-state index contributed by atoms with van der Waals surface area (Å²) in [5.41, 5.74) is 1.95. The molecular formula is C22H29NO3. The molecule has 4 heteroatoms. The normalized spacial score (nSPS) is 12.6. The van der Waals surface area contributed by atoms with E-state index < -0.39 is 6.10 Å². The Labute approximate surface area is 155 Å². The summed E-state index contributed by atoms with van der Waals surface area (Å²) in [4.78, 5) is 16.4. The number of ether oxygens (including phenoxy) is 1. The van der Waals surface area contributed by atoms with Crippen molar-refractivity contribution in [3.05, 3.63) is 47.7 Å². The van der Waals surface area contributed by atoms with Gasteiger partial charge in [-0.3, -0.25) is 4.79 Å². The summed E-state index contributed by atoms with van der Waals surface area (Å²) >= 11 is 0. The second-order valence-electron chi connectivity index (χ2n) is 6.52. The lowest BCUT2D eigenvalue weighted by molar-refractivity contribution is -0.133. The Morgan fingerprint density at radius 3 is 2.73 bits per heavy atom. The molecule has 0 aliphatic rings. The maximum atomic E-state index is 11.8. The fourth-order valence-electron chi connectivity index (χ4n) is 2.91. The SMILES string of the molecule is CCCCCCC=CC(O)c1nc2ccccc2c(OC(=O)CC)c1C. The standard InChI is InChI=1S/C22H29NO3/c1-4-6-7-8-9-10-15-19(24)21-16(3)22(26-20(25)5-2)17-13-11-12-14-18(17)23-21/h10-15,19,24H,4-9H2,1-3H3. The number of unbranched alkanes of at least 4 members (excludes halogenated alkanes) is 4. The molecular weight excluding hydrogens is 326 g/mol. The van der Waals surface area contributed by atoms with Gasteiger partial charge in [-0.05, 0) is 31.9 Å². The number of nitrogens with zero attached hydrogens (tertiary/aromatic N) is 1. The summed E-state index contributed by atoms with van der Waals surface area (Å²) in [6.45, 7) is 5.79. The van der Waals surface area contributed by atoms with Crippen molar-refractivity contribution in [2.75, 3.05) is 0 Å². The molecule has 0 saturated carbocycles. The van der Waals surface area contributed by atoms with Crippen LogP contribution in [0.15, 0.2) is 36.4 Å². The maximum Gasteiger partial charge on any atom is 0.310 e. The van der Waals surface area contributed by atoms with Crippen LogP contribution in [0.2, 0.25) is 0 Å². The third-order valence-electron chi connectivity index (χ3n) is 4.44. The van der Waals surface area contributed by atoms with Gasteiger partial charge in [0.1, 0.15) is 11.9 Å². The van der Waals surface area contributed by atoms with E-state index in [2.05, 4.69) is 11.9 Å². The van der Waals surface area contributed by atoms with Gasteiger partial charge < -0.3 is 9.84 Å². The van der Waals surface area contributed by atoms with Crippen molar-refractivity contribution in [3.63, 3.8) is 0 Å². The van der Waals surface area contributed by atoms with Crippen molar-refractivity contribution < 1.29 is 14.6 Å². The zero-order valence-electron chi connectivity index (χ0n) is 16.0. The summed E-state index contributed by atoms with van der Waals surface area (Å²) in [6, 6.07) is 7.52. The van der Waals surface area contributed by atoms with Gasteiger partial charge in [-0.1, -0.05) is 57.4 Å². The average Bonchev–Trinajstić information content (AvgIpc) is 2.66. The smallest absolute Gasteiger partial charge is 0.310 e. The number of pyridine rings is 1. The molecule has 1 atom stereocenters. The highest BCUT2D eigenvalue weighted by Crippen LogP contribution is 2.33. The predicted molar refractivity (Wildman–Crippen MR) is 105 cm³/mol. The molecule has 0 saturated heterocycles. The van der Waals surface area contributed by atoms with Crippen LogP contribution in [0.5, 0.6) is 5.75 Å². The lowest BCUT2D eigenvalue weighted by atomic mass is 10.0. The molecule has 0 aliphatic carbocycles. The van der Waals surface area contributed by atoms with Crippen molar-refractivity contribution in [2.24, 2.45) is 0 Å². The van der Waals surface area contributed by atoms with Crippen LogP contribution in [0.1, 0.15) is 69.7 Å². The average molecular weight is 355 g/mol. The zero-order chi connectivity index (χ0) is 18.9. The van der Waals surface area contributed by atoms with Gasteiger partial charge in [0.2, 0.25) is 0 Å². The Morgan fingerprint density at radius 2 is 2.00 bits per heavy atom. The number of esters is 1. The zero-order valence-corrected chi connectivity index (χ0v) is 16.0. The number of aromatic nitrogens is 1. The number of carbonyl (C=O) groups excluding carboxylic acids is 1. The van der Waals surface area contributed by atoms with Crippen molar-refractivity contribution >= 4 is 16.9 Å². The first kappa shape index (κ1) is 20.1. The molecule has 1 aromatic heterocycles. The number of fused-ring (bicyclic) bond motifs is 1. The summed E-state index contributed by atoms with van der Waals surface area (Å²) in [5.74, 6) is 0.198. The van der Waals surface area contributed by atoms with Crippen molar-refractivity contribution in [3.8, 4) is 5.75 Å². The number of aliphatic hydroxyl groups is 1. The van der Waals surface area contributed by atoms with E-state index in [9.17, 15) is 9.90 Å². The van der Waals surface area contributed by atoms with E-state index in [1.54, 1.807) is 13.0 Å². The van der Waals surface area contributed by atoms with E-state index >= 15 is 0 Å². The lowest BCUT2D eigenvalue weighted by Gasteiger charge is -2.16. The van der Waals surface area contributed by atoms with Crippen LogP contribution in [0.25, 0.3) is 10.9 Å². The number of carbonyl (C=O) groups is 1. The van der Waals surface area contributed by atoms with Gasteiger partial charge in [-0.15, -0.1) is 0 Å². The van der Waals surface area contributed by atoms with Crippen LogP contribution in [-0.2, 0) is 4.79 Å². The fourth-order valence-corrected chi connectivity index (χ4v) is 2.91. The first-order valence-electron chi connectivity index (χ1n) is 9.53. The third kappa shape index (κ3) is 5.15. The van der Waals surface area contributed by atoms with E-state index in [-0.39, 0.29) is 5.97 Å². The Bertz CT molecular complexity index is 767. The Balaban J connectivity index is 2.27. The van der Waals surface area contributed by atoms with Gasteiger partial charge in [0.25, 0.3) is 0 Å². The number of allylic oxidation sites excluding steroid dienone is 1. The molecule has 140 valence electrons. The number of aliphatic hydroxyl groups excluding tert-OH is 1. The van der Waals surface area contributed by atoms with E-state index in [4.69, 9.17) is 4.74 Å². The minimum Gasteiger partial charge on any atom is -0.425 e. The number of rotatable bonds is 9. The topological polar surface area (TPSA) is 59.4 Å². The van der Waals surface area contributed by atoms with Gasteiger partial charge in [0.05, 0.1) is 11.2 Å². The molecule has 2 aromatic rings. The number of hydrogen-bond acceptors (Lipinski definition) is 4. The van der Waals surface area contributed by atoms with Gasteiger partial charge in [0, 0.05) is 17.4 Å². The quantitative estimate of drug-likeness (QED) is 0.371. The third-order valence-corrected chi connectivity index (χ3v) is 4.44. The molecule has 0 fully saturated rings. The van der Waals surface area contributed by atoms with Gasteiger partial charge in [-0.25, -0.2) is 4.98 Å². The monoisotopic (exact) mass is 355 g/mol. The largest absolute Gasteiger partial charge is 0.425 e. The summed E-state index contributed by atoms with van der Waals surface area (Å²) in [7, 11) is 0. The fraction of sp³-hybridized carbons (Fsp3) is 0.455. The first-order valence-corrected chi connectivity index (χ1v) is 9.53. The van der Waals surface area contributed by atoms with E-state index in [1.165, 1.54) is 19.3 Å². The number of hydrogen-bond donors (Lipinski definition) is 1. The highest BCUT2D eigenvalue weighted by Gasteiger charge is 2.18. The predicted octanol–water partition coefficient (Wildman–Crippen LogP) is 5.42. The van der Waals surface area contributed by atoms with Crippen molar-refractivity contribution in [2.45, 2.75) is 65.4 Å². The van der Waals surface area contributed by atoms with Gasteiger partial charge in [0.15, 0.2) is 0 Å². The highest BCUT2D eigenvalue weighted by atomic mass is 16.5. The lowest BCUT2D eigenvalue weighted by Crippen LogP contribution is -2.10. The van der Waals surface area contributed by atoms with Crippen LogP contribution in [0.4, 0.5) is 0 Å². The first-order chi connectivity index (χ1) is 12.6. The van der Waals surface area contributed by atoms with Crippen molar-refractivity contribution in [1.29, 1.82) is 0 Å². The summed E-state index contributed by atoms with van der Waals surface area (Å²) in [6.07, 6.45) is 9.01. The summed E-state index contributed by atoms with van der Waals surface area (Å²) < 4.78 is 5.55. The van der Waals surface area contributed by atoms with Crippen LogP contribution in [0, 0.1) is 6.92 Å². The summed E-state index contributed by atoms with van der Waals surface area (Å²) in [5, 5.41) is 11.4. The van der Waals surface area contributed by atoms with E-state index in [1.807, 2.05) is 37.3 Å². The maximum absolute atomic E-state index is 11.8.